The van der Waals surface area contributed by atoms with Crippen molar-refractivity contribution in [3.05, 3.63) is 0 Å². The van der Waals surface area contributed by atoms with E-state index >= 15 is 0 Å². The third-order valence-corrected chi connectivity index (χ3v) is 3.93. The Labute approximate surface area is 107 Å². The lowest BCUT2D eigenvalue weighted by Crippen LogP contribution is -2.46. The molecule has 1 fully saturated rings. The van der Waals surface area contributed by atoms with Gasteiger partial charge in [-0.3, -0.25) is 0 Å². The molecule has 3 N–H and O–H groups in total. The maximum Gasteiger partial charge on any atom is 0.421 e. The Morgan fingerprint density at radius 1 is 1.44 bits per heavy atom. The summed E-state index contributed by atoms with van der Waals surface area (Å²) in [5, 5.41) is 9.06. The maximum absolute atomic E-state index is 11.6. The van der Waals surface area contributed by atoms with E-state index in [0.29, 0.717) is 12.8 Å². The van der Waals surface area contributed by atoms with Crippen LogP contribution in [0.4, 0.5) is 4.79 Å². The van der Waals surface area contributed by atoms with E-state index in [0.717, 1.165) is 12.8 Å². The zero-order chi connectivity index (χ0) is 13.6. The van der Waals surface area contributed by atoms with E-state index in [2.05, 4.69) is 9.46 Å². The lowest BCUT2D eigenvalue weighted by atomic mass is 9.87. The van der Waals surface area contributed by atoms with Crippen molar-refractivity contribution >= 4 is 16.3 Å². The van der Waals surface area contributed by atoms with Crippen LogP contribution in [0, 0.1) is 5.92 Å². The van der Waals surface area contributed by atoms with Gasteiger partial charge in [-0.1, -0.05) is 6.42 Å². The predicted octanol–water partition coefficient (Wildman–Crippen LogP) is 0.118. The highest BCUT2D eigenvalue weighted by molar-refractivity contribution is 7.88. The molecule has 2 unspecified atom stereocenters. The van der Waals surface area contributed by atoms with Crippen LogP contribution < -0.4 is 9.44 Å². The Hall–Kier alpha value is -0.860. The minimum atomic E-state index is -3.89. The first-order valence-corrected chi connectivity index (χ1v) is 7.52. The molecule has 0 radical (unpaired) electrons. The van der Waals surface area contributed by atoms with Crippen LogP contribution in [-0.4, -0.2) is 38.9 Å². The van der Waals surface area contributed by atoms with Crippen LogP contribution in [0.25, 0.3) is 0 Å². The Bertz CT molecular complexity index is 370. The fourth-order valence-electron chi connectivity index (χ4n) is 2.08. The van der Waals surface area contributed by atoms with Gasteiger partial charge >= 0.3 is 16.3 Å². The summed E-state index contributed by atoms with van der Waals surface area (Å²) in [4.78, 5) is 11.0. The first-order chi connectivity index (χ1) is 8.46. The van der Waals surface area contributed by atoms with Gasteiger partial charge in [-0.2, -0.15) is 13.1 Å². The molecule has 0 saturated heterocycles. The molecule has 0 heterocycles. The number of carbonyl (C=O) groups excluding carboxylic acids is 1. The number of aliphatic hydroxyl groups excluding tert-OH is 1. The molecule has 1 aliphatic carbocycles. The van der Waals surface area contributed by atoms with Crippen molar-refractivity contribution in [2.45, 2.75) is 38.6 Å². The van der Waals surface area contributed by atoms with Crippen molar-refractivity contribution < 1.29 is 23.1 Å². The number of nitrogens with one attached hydrogen (secondary N) is 2. The summed E-state index contributed by atoms with van der Waals surface area (Å²) < 4.78 is 31.9. The summed E-state index contributed by atoms with van der Waals surface area (Å²) in [5.74, 6) is 0.119. The minimum Gasteiger partial charge on any atom is -0.449 e. The van der Waals surface area contributed by atoms with Crippen molar-refractivity contribution in [3.63, 3.8) is 0 Å². The third kappa shape index (κ3) is 5.19. The average molecular weight is 280 g/mol. The average Bonchev–Trinajstić information content (AvgIpc) is 2.28. The van der Waals surface area contributed by atoms with Gasteiger partial charge in [0, 0.05) is 12.6 Å². The fraction of sp³-hybridized carbons (Fsp3) is 0.900. The smallest absolute Gasteiger partial charge is 0.421 e. The molecule has 0 aromatic carbocycles. The number of ether oxygens (including phenoxy) is 1. The topological polar surface area (TPSA) is 105 Å². The van der Waals surface area contributed by atoms with Crippen molar-refractivity contribution in [1.82, 2.24) is 9.44 Å². The minimum absolute atomic E-state index is 0.0591. The SMILES string of the molecule is CCOC(=O)NS(=O)(=O)NC1CCCC(CO)C1. The number of hydrogen-bond acceptors (Lipinski definition) is 5. The zero-order valence-electron chi connectivity index (χ0n) is 10.4. The number of rotatable bonds is 5. The number of hydrogen-bond donors (Lipinski definition) is 3. The molecule has 1 aliphatic rings. The highest BCUT2D eigenvalue weighted by Crippen LogP contribution is 2.23. The zero-order valence-corrected chi connectivity index (χ0v) is 11.2. The van der Waals surface area contributed by atoms with Gasteiger partial charge in [-0.25, -0.2) is 9.52 Å². The van der Waals surface area contributed by atoms with Gasteiger partial charge in [-0.05, 0) is 32.1 Å². The van der Waals surface area contributed by atoms with E-state index in [-0.39, 0.29) is 25.2 Å². The van der Waals surface area contributed by atoms with Crippen LogP contribution in [0.3, 0.4) is 0 Å². The summed E-state index contributed by atoms with van der Waals surface area (Å²) >= 11 is 0. The van der Waals surface area contributed by atoms with E-state index in [1.807, 2.05) is 0 Å². The van der Waals surface area contributed by atoms with Crippen LogP contribution in [0.5, 0.6) is 0 Å². The molecule has 7 nitrogen and oxygen atoms in total. The van der Waals surface area contributed by atoms with E-state index in [9.17, 15) is 13.2 Å². The van der Waals surface area contributed by atoms with Crippen molar-refractivity contribution in [1.29, 1.82) is 0 Å². The highest BCUT2D eigenvalue weighted by Gasteiger charge is 2.26. The first-order valence-electron chi connectivity index (χ1n) is 6.04. The van der Waals surface area contributed by atoms with Gasteiger partial charge < -0.3 is 9.84 Å². The van der Waals surface area contributed by atoms with Crippen LogP contribution in [0.2, 0.25) is 0 Å². The number of carbonyl (C=O) groups is 1. The van der Waals surface area contributed by atoms with Gasteiger partial charge in [0.15, 0.2) is 0 Å². The van der Waals surface area contributed by atoms with Gasteiger partial charge in [0.05, 0.1) is 6.61 Å². The normalized spacial score (nSPS) is 24.6. The molecule has 18 heavy (non-hydrogen) atoms. The molecule has 0 aromatic rings. The summed E-state index contributed by atoms with van der Waals surface area (Å²) in [6, 6.07) is -0.247. The van der Waals surface area contributed by atoms with E-state index < -0.39 is 16.3 Å². The molecule has 0 spiro atoms. The highest BCUT2D eigenvalue weighted by atomic mass is 32.2. The summed E-state index contributed by atoms with van der Waals surface area (Å²) in [5.41, 5.74) is 0. The molecular weight excluding hydrogens is 260 g/mol. The second kappa shape index (κ2) is 6.91. The molecule has 1 amide bonds. The summed E-state index contributed by atoms with van der Waals surface area (Å²) in [6.45, 7) is 1.76. The lowest BCUT2D eigenvalue weighted by molar-refractivity contribution is 0.158. The third-order valence-electron chi connectivity index (χ3n) is 2.86. The monoisotopic (exact) mass is 280 g/mol. The molecule has 8 heteroatoms. The van der Waals surface area contributed by atoms with E-state index in [4.69, 9.17) is 5.11 Å². The van der Waals surface area contributed by atoms with Gasteiger partial charge in [0.1, 0.15) is 0 Å². The summed E-state index contributed by atoms with van der Waals surface area (Å²) in [7, 11) is -3.89. The molecule has 106 valence electrons. The van der Waals surface area contributed by atoms with Crippen LogP contribution in [0.1, 0.15) is 32.6 Å². The van der Waals surface area contributed by atoms with Crippen molar-refractivity contribution in [2.75, 3.05) is 13.2 Å². The number of aliphatic hydroxyl groups is 1. The Morgan fingerprint density at radius 2 is 2.17 bits per heavy atom. The molecule has 0 aromatic heterocycles. The largest absolute Gasteiger partial charge is 0.449 e. The molecule has 2 atom stereocenters. The Morgan fingerprint density at radius 3 is 2.78 bits per heavy atom. The first kappa shape index (κ1) is 15.2. The molecular formula is C10H20N2O5S. The summed E-state index contributed by atoms with van der Waals surface area (Å²) in [6.07, 6.45) is 2.07. The molecule has 0 bridgehead atoms. The maximum atomic E-state index is 11.6. The standard InChI is InChI=1S/C10H20N2O5S/c1-2-17-10(14)12-18(15,16)11-9-5-3-4-8(6-9)7-13/h8-9,11,13H,2-7H2,1H3,(H,12,14). The van der Waals surface area contributed by atoms with Crippen LogP contribution in [0.15, 0.2) is 0 Å². The van der Waals surface area contributed by atoms with Crippen molar-refractivity contribution in [2.24, 2.45) is 5.92 Å². The van der Waals surface area contributed by atoms with Crippen LogP contribution in [-0.2, 0) is 14.9 Å². The van der Waals surface area contributed by atoms with E-state index in [1.54, 1.807) is 11.6 Å². The van der Waals surface area contributed by atoms with Gasteiger partial charge in [0.25, 0.3) is 0 Å². The molecule has 0 aliphatic heterocycles. The van der Waals surface area contributed by atoms with E-state index in [1.165, 1.54) is 0 Å². The fourth-order valence-corrected chi connectivity index (χ4v) is 3.07. The Kier molecular flexibility index (Phi) is 5.83. The molecule has 1 rings (SSSR count). The van der Waals surface area contributed by atoms with Gasteiger partial charge in [0.2, 0.25) is 0 Å². The number of amides is 1. The lowest BCUT2D eigenvalue weighted by Gasteiger charge is -2.28. The van der Waals surface area contributed by atoms with Crippen LogP contribution >= 0.6 is 0 Å². The van der Waals surface area contributed by atoms with Crippen molar-refractivity contribution in [3.8, 4) is 0 Å². The second-order valence-electron chi connectivity index (χ2n) is 4.36. The predicted molar refractivity (Wildman–Crippen MR) is 65.0 cm³/mol. The second-order valence-corrected chi connectivity index (χ2v) is 5.80. The Balaban J connectivity index is 2.47. The molecule has 1 saturated carbocycles. The quantitative estimate of drug-likeness (QED) is 0.663. The van der Waals surface area contributed by atoms with Gasteiger partial charge in [-0.15, -0.1) is 0 Å².